The second-order valence-corrected chi connectivity index (χ2v) is 4.59. The first-order valence-corrected chi connectivity index (χ1v) is 6.33. The molecule has 0 atom stereocenters. The number of benzene rings is 1. The Balaban J connectivity index is 2.65. The number of ether oxygens (including phenoxy) is 1. The minimum Gasteiger partial charge on any atom is -0.496 e. The summed E-state index contributed by atoms with van der Waals surface area (Å²) in [6.45, 7) is 0. The summed E-state index contributed by atoms with van der Waals surface area (Å²) in [5.74, 6) is -4.74. The van der Waals surface area contributed by atoms with Gasteiger partial charge in [0.1, 0.15) is 17.1 Å². The summed E-state index contributed by atoms with van der Waals surface area (Å²) in [7, 11) is 0.969. The van der Waals surface area contributed by atoms with Crippen LogP contribution in [0.25, 0.3) is 0 Å². The molecule has 1 aromatic carbocycles. The van der Waals surface area contributed by atoms with Crippen molar-refractivity contribution in [2.24, 2.45) is 0 Å². The molecular formula is C15H9F4NO4. The normalized spacial score (nSPS) is 11.2. The summed E-state index contributed by atoms with van der Waals surface area (Å²) in [5.41, 5.74) is -3.06. The van der Waals surface area contributed by atoms with Gasteiger partial charge in [-0.1, -0.05) is 0 Å². The first-order valence-electron chi connectivity index (χ1n) is 6.33. The summed E-state index contributed by atoms with van der Waals surface area (Å²) < 4.78 is 57.0. The summed E-state index contributed by atoms with van der Waals surface area (Å²) in [5, 5.41) is 9.04. The van der Waals surface area contributed by atoms with E-state index in [1.807, 2.05) is 0 Å². The van der Waals surface area contributed by atoms with E-state index in [0.29, 0.717) is 6.07 Å². The molecule has 0 saturated heterocycles. The molecular weight excluding hydrogens is 334 g/mol. The fourth-order valence-corrected chi connectivity index (χ4v) is 2.02. The van der Waals surface area contributed by atoms with E-state index >= 15 is 0 Å². The highest BCUT2D eigenvalue weighted by Crippen LogP contribution is 2.35. The van der Waals surface area contributed by atoms with E-state index in [0.717, 1.165) is 25.6 Å². The zero-order valence-electron chi connectivity index (χ0n) is 12.0. The smallest absolute Gasteiger partial charge is 0.416 e. The fraction of sp³-hybridized carbons (Fsp3) is 0.133. The standard InChI is InChI=1S/C15H9F4NO4/c1-24-11-5-7(15(17,18)19)4-10(16)12(11)13(21)8-2-3-20-6-9(8)14(22)23/h2-6H,1H3,(H,22,23). The van der Waals surface area contributed by atoms with Crippen LogP contribution < -0.4 is 4.74 Å². The van der Waals surface area contributed by atoms with E-state index in [1.165, 1.54) is 0 Å². The lowest BCUT2D eigenvalue weighted by Crippen LogP contribution is -2.14. The summed E-state index contributed by atoms with van der Waals surface area (Å²) >= 11 is 0. The molecule has 0 spiro atoms. The number of hydrogen-bond acceptors (Lipinski definition) is 4. The van der Waals surface area contributed by atoms with Crippen LogP contribution in [0, 0.1) is 5.82 Å². The SMILES string of the molecule is COc1cc(C(F)(F)F)cc(F)c1C(=O)c1ccncc1C(=O)O. The Labute approximate surface area is 132 Å². The Bertz CT molecular complexity index is 818. The van der Waals surface area contributed by atoms with Gasteiger partial charge in [-0.05, 0) is 18.2 Å². The molecule has 0 aliphatic heterocycles. The molecule has 9 heteroatoms. The molecule has 0 fully saturated rings. The van der Waals surface area contributed by atoms with Crippen molar-refractivity contribution in [3.63, 3.8) is 0 Å². The topological polar surface area (TPSA) is 76.5 Å². The number of ketones is 1. The molecule has 0 amide bonds. The third-order valence-electron chi connectivity index (χ3n) is 3.12. The number of carboxylic acids is 1. The molecule has 0 aliphatic rings. The number of carboxylic acid groups (broad SMARTS) is 1. The molecule has 1 N–H and O–H groups in total. The fourth-order valence-electron chi connectivity index (χ4n) is 2.02. The molecule has 126 valence electrons. The highest BCUT2D eigenvalue weighted by Gasteiger charge is 2.34. The Morgan fingerprint density at radius 3 is 2.42 bits per heavy atom. The van der Waals surface area contributed by atoms with Crippen molar-refractivity contribution in [1.82, 2.24) is 4.98 Å². The predicted octanol–water partition coefficient (Wildman–Crippen LogP) is 3.18. The first kappa shape index (κ1) is 17.4. The second kappa shape index (κ2) is 6.26. The molecule has 0 bridgehead atoms. The maximum absolute atomic E-state index is 14.1. The zero-order valence-corrected chi connectivity index (χ0v) is 12.0. The van der Waals surface area contributed by atoms with Crippen LogP contribution in [0.4, 0.5) is 17.6 Å². The van der Waals surface area contributed by atoms with Crippen LogP contribution in [0.1, 0.15) is 31.8 Å². The Kier molecular flexibility index (Phi) is 4.54. The van der Waals surface area contributed by atoms with Crippen LogP contribution in [0.15, 0.2) is 30.6 Å². The van der Waals surface area contributed by atoms with Crippen LogP contribution in [-0.4, -0.2) is 29.0 Å². The minimum atomic E-state index is -4.83. The van der Waals surface area contributed by atoms with Crippen molar-refractivity contribution >= 4 is 11.8 Å². The third-order valence-corrected chi connectivity index (χ3v) is 3.12. The molecule has 5 nitrogen and oxygen atoms in total. The molecule has 24 heavy (non-hydrogen) atoms. The van der Waals surface area contributed by atoms with Crippen LogP contribution in [0.5, 0.6) is 5.75 Å². The van der Waals surface area contributed by atoms with Gasteiger partial charge in [-0.3, -0.25) is 9.78 Å². The number of carbonyl (C=O) groups is 2. The molecule has 0 unspecified atom stereocenters. The first-order chi connectivity index (χ1) is 11.2. The quantitative estimate of drug-likeness (QED) is 0.682. The van der Waals surface area contributed by atoms with E-state index in [4.69, 9.17) is 5.11 Å². The Morgan fingerprint density at radius 2 is 1.88 bits per heavy atom. The van der Waals surface area contributed by atoms with Gasteiger partial charge in [-0.2, -0.15) is 13.2 Å². The van der Waals surface area contributed by atoms with E-state index < -0.39 is 51.7 Å². The zero-order chi connectivity index (χ0) is 18.1. The van der Waals surface area contributed by atoms with Gasteiger partial charge < -0.3 is 9.84 Å². The van der Waals surface area contributed by atoms with Crippen LogP contribution in [0.3, 0.4) is 0 Å². The lowest BCUT2D eigenvalue weighted by Gasteiger charge is -2.14. The van der Waals surface area contributed by atoms with Gasteiger partial charge in [0.2, 0.25) is 5.78 Å². The average Bonchev–Trinajstić information content (AvgIpc) is 2.52. The van der Waals surface area contributed by atoms with Crippen molar-refractivity contribution in [2.45, 2.75) is 6.18 Å². The number of methoxy groups -OCH3 is 1. The van der Waals surface area contributed by atoms with Gasteiger partial charge in [0.05, 0.1) is 18.2 Å². The van der Waals surface area contributed by atoms with E-state index in [1.54, 1.807) is 0 Å². The van der Waals surface area contributed by atoms with Gasteiger partial charge >= 0.3 is 12.1 Å². The van der Waals surface area contributed by atoms with Crippen molar-refractivity contribution in [1.29, 1.82) is 0 Å². The highest BCUT2D eigenvalue weighted by molar-refractivity contribution is 6.15. The predicted molar refractivity (Wildman–Crippen MR) is 72.6 cm³/mol. The van der Waals surface area contributed by atoms with Crippen molar-refractivity contribution < 1.29 is 37.0 Å². The molecule has 1 heterocycles. The Hall–Kier alpha value is -2.97. The summed E-state index contributed by atoms with van der Waals surface area (Å²) in [6, 6.07) is 1.65. The van der Waals surface area contributed by atoms with Crippen molar-refractivity contribution in [3.05, 3.63) is 58.7 Å². The number of hydrogen-bond donors (Lipinski definition) is 1. The average molecular weight is 343 g/mol. The molecule has 2 rings (SSSR count). The van der Waals surface area contributed by atoms with Gasteiger partial charge in [0.25, 0.3) is 0 Å². The molecule has 1 aromatic heterocycles. The van der Waals surface area contributed by atoms with Crippen molar-refractivity contribution in [3.8, 4) is 5.75 Å². The highest BCUT2D eigenvalue weighted by atomic mass is 19.4. The number of nitrogens with zero attached hydrogens (tertiary/aromatic N) is 1. The number of rotatable bonds is 4. The van der Waals surface area contributed by atoms with E-state index in [9.17, 15) is 27.2 Å². The largest absolute Gasteiger partial charge is 0.496 e. The van der Waals surface area contributed by atoms with Gasteiger partial charge in [-0.15, -0.1) is 0 Å². The number of aromatic nitrogens is 1. The lowest BCUT2D eigenvalue weighted by molar-refractivity contribution is -0.137. The number of carbonyl (C=O) groups excluding carboxylic acids is 1. The maximum atomic E-state index is 14.1. The number of halogens is 4. The molecule has 0 radical (unpaired) electrons. The number of alkyl halides is 3. The van der Waals surface area contributed by atoms with E-state index in [2.05, 4.69) is 9.72 Å². The van der Waals surface area contributed by atoms with Gasteiger partial charge in [0, 0.05) is 18.0 Å². The van der Waals surface area contributed by atoms with E-state index in [-0.39, 0.29) is 6.07 Å². The van der Waals surface area contributed by atoms with Crippen LogP contribution in [0.2, 0.25) is 0 Å². The lowest BCUT2D eigenvalue weighted by atomic mass is 9.97. The minimum absolute atomic E-state index is 0.150. The third kappa shape index (κ3) is 3.19. The van der Waals surface area contributed by atoms with Gasteiger partial charge in [0.15, 0.2) is 0 Å². The van der Waals surface area contributed by atoms with Crippen molar-refractivity contribution in [2.75, 3.05) is 7.11 Å². The summed E-state index contributed by atoms with van der Waals surface area (Å²) in [4.78, 5) is 27.1. The second-order valence-electron chi connectivity index (χ2n) is 4.59. The molecule has 2 aromatic rings. The number of aromatic carboxylic acids is 1. The molecule has 0 aliphatic carbocycles. The van der Waals surface area contributed by atoms with Crippen LogP contribution in [-0.2, 0) is 6.18 Å². The van der Waals surface area contributed by atoms with Crippen LogP contribution >= 0.6 is 0 Å². The van der Waals surface area contributed by atoms with Gasteiger partial charge in [-0.25, -0.2) is 9.18 Å². The summed E-state index contributed by atoms with van der Waals surface area (Å²) in [6.07, 6.45) is -2.85. The monoisotopic (exact) mass is 343 g/mol. The molecule has 0 saturated carbocycles. The number of pyridine rings is 1. The Morgan fingerprint density at radius 1 is 1.21 bits per heavy atom. The maximum Gasteiger partial charge on any atom is 0.416 e.